The molecule has 0 spiro atoms. The lowest BCUT2D eigenvalue weighted by atomic mass is 9.96. The fraction of sp³-hybridized carbons (Fsp3) is 1.00. The summed E-state index contributed by atoms with van der Waals surface area (Å²) in [6, 6.07) is 0. The molecular weight excluding hydrogens is 288 g/mol. The molecule has 4 nitrogen and oxygen atoms in total. The molecule has 128 valence electrons. The maximum atomic E-state index is 10.3. The zero-order chi connectivity index (χ0) is 16.0. The van der Waals surface area contributed by atoms with Gasteiger partial charge in [0.05, 0.1) is 6.61 Å². The molecule has 0 aromatic carbocycles. The normalized spacial score (nSPS) is 13.5. The first-order valence-corrected chi connectivity index (χ1v) is 9.94. The van der Waals surface area contributed by atoms with Gasteiger partial charge in [-0.1, -0.05) is 84.5 Å². The van der Waals surface area contributed by atoms with E-state index >= 15 is 0 Å². The smallest absolute Gasteiger partial charge is 0.264 e. The highest BCUT2D eigenvalue weighted by Gasteiger charge is 2.04. The first kappa shape index (κ1) is 20.9. The van der Waals surface area contributed by atoms with Crippen LogP contribution in [0, 0.1) is 5.92 Å². The fourth-order valence-electron chi connectivity index (χ4n) is 2.53. The minimum Gasteiger partial charge on any atom is -0.264 e. The lowest BCUT2D eigenvalue weighted by Crippen LogP contribution is -2.04. The van der Waals surface area contributed by atoms with Gasteiger partial charge < -0.3 is 0 Å². The van der Waals surface area contributed by atoms with E-state index in [0.29, 0.717) is 6.42 Å². The van der Waals surface area contributed by atoms with E-state index in [4.69, 9.17) is 4.55 Å². The van der Waals surface area contributed by atoms with Crippen LogP contribution in [0.1, 0.15) is 90.9 Å². The molecule has 1 atom stereocenters. The summed E-state index contributed by atoms with van der Waals surface area (Å²) in [6.07, 6.45) is 14.7. The molecular formula is C16H34O4S. The maximum Gasteiger partial charge on any atom is 0.397 e. The summed E-state index contributed by atoms with van der Waals surface area (Å²) < 4.78 is 33.3. The average Bonchev–Trinajstić information content (AvgIpc) is 2.40. The molecule has 5 heteroatoms. The van der Waals surface area contributed by atoms with Crippen molar-refractivity contribution in [3.63, 3.8) is 0 Å². The molecule has 0 fully saturated rings. The fourth-order valence-corrected chi connectivity index (χ4v) is 2.86. The number of hydrogen-bond acceptors (Lipinski definition) is 3. The minimum atomic E-state index is -4.25. The van der Waals surface area contributed by atoms with Gasteiger partial charge in [0.1, 0.15) is 0 Å². The summed E-state index contributed by atoms with van der Waals surface area (Å²) in [5, 5.41) is 0. The van der Waals surface area contributed by atoms with Gasteiger partial charge in [0.25, 0.3) is 0 Å². The van der Waals surface area contributed by atoms with Crippen molar-refractivity contribution in [1.29, 1.82) is 0 Å². The second kappa shape index (κ2) is 13.5. The summed E-state index contributed by atoms with van der Waals surface area (Å²) >= 11 is 0. The Morgan fingerprint density at radius 1 is 0.857 bits per heavy atom. The summed E-state index contributed by atoms with van der Waals surface area (Å²) in [6.45, 7) is 4.66. The summed E-state index contributed by atoms with van der Waals surface area (Å²) in [5.74, 6) is 0.797. The van der Waals surface area contributed by atoms with E-state index < -0.39 is 10.4 Å². The zero-order valence-electron chi connectivity index (χ0n) is 13.8. The van der Waals surface area contributed by atoms with Gasteiger partial charge in [-0.2, -0.15) is 8.42 Å². The molecule has 0 saturated carbocycles. The molecule has 0 radical (unpaired) electrons. The molecule has 0 aromatic rings. The molecule has 21 heavy (non-hydrogen) atoms. The molecule has 1 unspecified atom stereocenters. The van der Waals surface area contributed by atoms with E-state index in [1.807, 2.05) is 0 Å². The van der Waals surface area contributed by atoms with E-state index in [1.54, 1.807) is 0 Å². The number of rotatable bonds is 15. The maximum absolute atomic E-state index is 10.3. The van der Waals surface area contributed by atoms with Crippen LogP contribution >= 0.6 is 0 Å². The van der Waals surface area contributed by atoms with Crippen LogP contribution in [0.4, 0.5) is 0 Å². The molecule has 0 aliphatic rings. The predicted molar refractivity (Wildman–Crippen MR) is 87.7 cm³/mol. The Kier molecular flexibility index (Phi) is 13.4. The molecule has 0 aliphatic carbocycles. The Labute approximate surface area is 131 Å². The van der Waals surface area contributed by atoms with E-state index in [1.165, 1.54) is 57.8 Å². The topological polar surface area (TPSA) is 63.6 Å². The van der Waals surface area contributed by atoms with Crippen LogP contribution in [0.3, 0.4) is 0 Å². The van der Waals surface area contributed by atoms with Crippen LogP contribution < -0.4 is 0 Å². The summed E-state index contributed by atoms with van der Waals surface area (Å²) in [4.78, 5) is 0. The van der Waals surface area contributed by atoms with Crippen molar-refractivity contribution in [2.75, 3.05) is 6.61 Å². The SMILES string of the molecule is CCCCCCCCC(C)CCCCCCOS(=O)(=O)O. The second-order valence-electron chi connectivity index (χ2n) is 6.11. The minimum absolute atomic E-state index is 0.0894. The zero-order valence-corrected chi connectivity index (χ0v) is 14.7. The molecule has 0 aliphatic heterocycles. The Hall–Kier alpha value is -0.130. The van der Waals surface area contributed by atoms with Crippen molar-refractivity contribution in [2.45, 2.75) is 90.9 Å². The van der Waals surface area contributed by atoms with E-state index in [-0.39, 0.29) is 6.61 Å². The van der Waals surface area contributed by atoms with Crippen LogP contribution in [0.15, 0.2) is 0 Å². The van der Waals surface area contributed by atoms with Gasteiger partial charge in [0.2, 0.25) is 0 Å². The molecule has 0 bridgehead atoms. The van der Waals surface area contributed by atoms with E-state index in [9.17, 15) is 8.42 Å². The van der Waals surface area contributed by atoms with Crippen molar-refractivity contribution < 1.29 is 17.2 Å². The number of unbranched alkanes of at least 4 members (excludes halogenated alkanes) is 8. The van der Waals surface area contributed by atoms with Gasteiger partial charge in [-0.05, 0) is 12.3 Å². The Morgan fingerprint density at radius 3 is 1.86 bits per heavy atom. The highest BCUT2D eigenvalue weighted by atomic mass is 32.3. The third kappa shape index (κ3) is 17.8. The third-order valence-corrected chi connectivity index (χ3v) is 4.34. The van der Waals surface area contributed by atoms with E-state index in [0.717, 1.165) is 18.8 Å². The van der Waals surface area contributed by atoms with Crippen LogP contribution in [0.2, 0.25) is 0 Å². The van der Waals surface area contributed by atoms with Gasteiger partial charge in [0, 0.05) is 0 Å². The van der Waals surface area contributed by atoms with Gasteiger partial charge in [-0.15, -0.1) is 0 Å². The summed E-state index contributed by atoms with van der Waals surface area (Å²) in [7, 11) is -4.25. The lowest BCUT2D eigenvalue weighted by Gasteiger charge is -2.11. The van der Waals surface area contributed by atoms with E-state index in [2.05, 4.69) is 18.0 Å². The first-order chi connectivity index (χ1) is 9.95. The molecule has 0 heterocycles. The van der Waals surface area contributed by atoms with Crippen LogP contribution in [0.5, 0.6) is 0 Å². The first-order valence-electron chi connectivity index (χ1n) is 8.57. The highest BCUT2D eigenvalue weighted by Crippen LogP contribution is 2.18. The standard InChI is InChI=1S/C16H34O4S/c1-3-4-5-6-7-10-13-16(2)14-11-8-9-12-15-20-21(17,18)19/h16H,3-15H2,1-2H3,(H,17,18,19). The third-order valence-electron chi connectivity index (χ3n) is 3.87. The van der Waals surface area contributed by atoms with Crippen LogP contribution in [0.25, 0.3) is 0 Å². The molecule has 0 aromatic heterocycles. The van der Waals surface area contributed by atoms with Crippen molar-refractivity contribution in [1.82, 2.24) is 0 Å². The molecule has 0 rings (SSSR count). The molecule has 0 amide bonds. The van der Waals surface area contributed by atoms with Gasteiger partial charge in [-0.3, -0.25) is 4.55 Å². The Morgan fingerprint density at radius 2 is 1.33 bits per heavy atom. The number of hydrogen-bond donors (Lipinski definition) is 1. The van der Waals surface area contributed by atoms with Gasteiger partial charge >= 0.3 is 10.4 Å². The Bertz CT molecular complexity index is 314. The van der Waals surface area contributed by atoms with Gasteiger partial charge in [-0.25, -0.2) is 4.18 Å². The van der Waals surface area contributed by atoms with Crippen molar-refractivity contribution in [3.05, 3.63) is 0 Å². The molecule has 0 saturated heterocycles. The van der Waals surface area contributed by atoms with Crippen LogP contribution in [-0.4, -0.2) is 19.6 Å². The van der Waals surface area contributed by atoms with Crippen molar-refractivity contribution in [3.8, 4) is 0 Å². The largest absolute Gasteiger partial charge is 0.397 e. The predicted octanol–water partition coefficient (Wildman–Crippen LogP) is 5.14. The quantitative estimate of drug-likeness (QED) is 0.335. The Balaban J connectivity index is 3.24. The summed E-state index contributed by atoms with van der Waals surface area (Å²) in [5.41, 5.74) is 0. The average molecular weight is 323 g/mol. The highest BCUT2D eigenvalue weighted by molar-refractivity contribution is 7.80. The monoisotopic (exact) mass is 322 g/mol. The van der Waals surface area contributed by atoms with Gasteiger partial charge in [0.15, 0.2) is 0 Å². The van der Waals surface area contributed by atoms with Crippen molar-refractivity contribution in [2.24, 2.45) is 5.92 Å². The molecule has 1 N–H and O–H groups in total. The lowest BCUT2D eigenvalue weighted by molar-refractivity contribution is 0.261. The second-order valence-corrected chi connectivity index (χ2v) is 7.21. The van der Waals surface area contributed by atoms with Crippen LogP contribution in [-0.2, 0) is 14.6 Å². The van der Waals surface area contributed by atoms with Crippen molar-refractivity contribution >= 4 is 10.4 Å².